The Hall–Kier alpha value is -4.72. The summed E-state index contributed by atoms with van der Waals surface area (Å²) in [5, 5.41) is 0. The number of fused-ring (bicyclic) bond motifs is 8. The topological polar surface area (TPSA) is 73.8 Å². The first-order valence-corrected chi connectivity index (χ1v) is 17.8. The van der Waals surface area contributed by atoms with Crippen LogP contribution in [-0.2, 0) is 0 Å². The minimum atomic E-state index is -0.144. The van der Waals surface area contributed by atoms with Gasteiger partial charge in [-0.05, 0) is 52.0 Å². The van der Waals surface area contributed by atoms with E-state index in [4.69, 9.17) is 37.9 Å². The predicted molar refractivity (Wildman–Crippen MR) is 207 cm³/mol. The van der Waals surface area contributed by atoms with Crippen molar-refractivity contribution in [2.24, 2.45) is 0 Å². The van der Waals surface area contributed by atoms with Gasteiger partial charge >= 0.3 is 0 Å². The molecule has 8 nitrogen and oxygen atoms in total. The van der Waals surface area contributed by atoms with Crippen molar-refractivity contribution in [3.05, 3.63) is 91.0 Å². The van der Waals surface area contributed by atoms with Gasteiger partial charge in [0.15, 0.2) is 0 Å². The van der Waals surface area contributed by atoms with Gasteiger partial charge in [0, 0.05) is 90.4 Å². The predicted octanol–water partition coefficient (Wildman–Crippen LogP) is 9.91. The summed E-state index contributed by atoms with van der Waals surface area (Å²) in [7, 11) is 13.7. The molecule has 1 aliphatic carbocycles. The van der Waals surface area contributed by atoms with Gasteiger partial charge in [0.05, 0.1) is 56.9 Å². The van der Waals surface area contributed by atoms with Crippen LogP contribution in [0.2, 0.25) is 0 Å². The van der Waals surface area contributed by atoms with Crippen LogP contribution in [0.15, 0.2) is 24.3 Å². The summed E-state index contributed by atoms with van der Waals surface area (Å²) in [4.78, 5) is 0. The molecule has 4 aromatic carbocycles. The Morgan fingerprint density at radius 2 is 0.385 bits per heavy atom. The van der Waals surface area contributed by atoms with Crippen LogP contribution in [-0.4, -0.2) is 56.9 Å². The summed E-state index contributed by atoms with van der Waals surface area (Å²) in [5.41, 5.74) is 11.9. The molecule has 0 spiro atoms. The van der Waals surface area contributed by atoms with Gasteiger partial charge in [0.25, 0.3) is 0 Å². The molecule has 52 heavy (non-hydrogen) atoms. The van der Waals surface area contributed by atoms with Crippen molar-refractivity contribution in [2.45, 2.75) is 79.1 Å². The smallest absolute Gasteiger partial charge is 0.129 e. The molecule has 0 aliphatic heterocycles. The largest absolute Gasteiger partial charge is 0.496 e. The molecule has 0 amide bonds. The van der Waals surface area contributed by atoms with Gasteiger partial charge < -0.3 is 37.9 Å². The highest BCUT2D eigenvalue weighted by molar-refractivity contribution is 5.68. The van der Waals surface area contributed by atoms with E-state index >= 15 is 0 Å². The van der Waals surface area contributed by atoms with Crippen molar-refractivity contribution in [3.8, 4) is 46.0 Å². The molecule has 280 valence electrons. The fourth-order valence-corrected chi connectivity index (χ4v) is 8.75. The van der Waals surface area contributed by atoms with Crippen LogP contribution in [0.25, 0.3) is 0 Å². The quantitative estimate of drug-likeness (QED) is 0.179. The van der Waals surface area contributed by atoms with E-state index < -0.39 is 0 Å². The van der Waals surface area contributed by atoms with Crippen LogP contribution in [0.5, 0.6) is 46.0 Å². The van der Waals surface area contributed by atoms with Crippen molar-refractivity contribution in [1.29, 1.82) is 0 Å². The molecular weight excluding hydrogens is 656 g/mol. The molecule has 8 bridgehead atoms. The second-order valence-corrected chi connectivity index (χ2v) is 13.9. The third kappa shape index (κ3) is 5.84. The number of hydrogen-bond acceptors (Lipinski definition) is 8. The lowest BCUT2D eigenvalue weighted by atomic mass is 9.78. The third-order valence-electron chi connectivity index (χ3n) is 11.4. The summed E-state index contributed by atoms with van der Waals surface area (Å²) >= 11 is 0. The minimum Gasteiger partial charge on any atom is -0.496 e. The number of hydrogen-bond donors (Lipinski definition) is 0. The molecule has 0 heterocycles. The molecule has 0 aromatic heterocycles. The number of rotatable bonds is 8. The lowest BCUT2D eigenvalue weighted by Crippen LogP contribution is -2.14. The Morgan fingerprint density at radius 3 is 0.481 bits per heavy atom. The molecule has 0 radical (unpaired) electrons. The van der Waals surface area contributed by atoms with Gasteiger partial charge in [-0.15, -0.1) is 0 Å². The van der Waals surface area contributed by atoms with Crippen LogP contribution in [0.3, 0.4) is 0 Å². The highest BCUT2D eigenvalue weighted by Crippen LogP contribution is 2.53. The van der Waals surface area contributed by atoms with Gasteiger partial charge in [-0.3, -0.25) is 0 Å². The molecule has 0 saturated carbocycles. The number of ether oxygens (including phenoxy) is 8. The van der Waals surface area contributed by atoms with E-state index in [0.29, 0.717) is 0 Å². The van der Waals surface area contributed by atoms with Crippen LogP contribution < -0.4 is 37.9 Å². The fourth-order valence-electron chi connectivity index (χ4n) is 8.75. The van der Waals surface area contributed by atoms with Crippen molar-refractivity contribution >= 4 is 0 Å². The second kappa shape index (κ2) is 15.1. The molecule has 0 atom stereocenters. The number of methoxy groups -OCH3 is 8. The van der Waals surface area contributed by atoms with E-state index in [-0.39, 0.29) is 23.7 Å². The maximum atomic E-state index is 6.18. The highest BCUT2D eigenvalue weighted by Gasteiger charge is 2.34. The fraction of sp³-hybridized carbons (Fsp3) is 0.455. The van der Waals surface area contributed by atoms with Crippen molar-refractivity contribution in [2.75, 3.05) is 56.9 Å². The highest BCUT2D eigenvalue weighted by atomic mass is 16.5. The van der Waals surface area contributed by atoms with Gasteiger partial charge in [0.2, 0.25) is 0 Å². The molecule has 8 heteroatoms. The first-order valence-electron chi connectivity index (χ1n) is 17.8. The van der Waals surface area contributed by atoms with E-state index in [0.717, 1.165) is 113 Å². The molecule has 4 aromatic rings. The van der Waals surface area contributed by atoms with Crippen LogP contribution in [0, 0.1) is 27.7 Å². The lowest BCUT2D eigenvalue weighted by molar-refractivity contribution is 0.371. The van der Waals surface area contributed by atoms with E-state index in [1.807, 2.05) is 0 Å². The summed E-state index contributed by atoms with van der Waals surface area (Å²) in [6.07, 6.45) is 0. The van der Waals surface area contributed by atoms with E-state index in [1.165, 1.54) is 0 Å². The van der Waals surface area contributed by atoms with Crippen LogP contribution in [0.1, 0.15) is 118 Å². The summed E-state index contributed by atoms with van der Waals surface area (Å²) < 4.78 is 49.5. The Balaban J connectivity index is 2.06. The Bertz CT molecular complexity index is 1590. The van der Waals surface area contributed by atoms with E-state index in [2.05, 4.69) is 79.7 Å². The van der Waals surface area contributed by atoms with Crippen molar-refractivity contribution in [1.82, 2.24) is 0 Å². The third-order valence-corrected chi connectivity index (χ3v) is 11.4. The van der Waals surface area contributed by atoms with Gasteiger partial charge in [0.1, 0.15) is 46.0 Å². The molecule has 0 unspecified atom stereocenters. The maximum Gasteiger partial charge on any atom is 0.129 e. The van der Waals surface area contributed by atoms with Crippen molar-refractivity contribution < 1.29 is 37.9 Å². The molecule has 1 aliphatic rings. The first-order chi connectivity index (χ1) is 24.8. The van der Waals surface area contributed by atoms with Crippen LogP contribution >= 0.6 is 0 Å². The Kier molecular flexibility index (Phi) is 11.2. The van der Waals surface area contributed by atoms with Gasteiger partial charge in [-0.25, -0.2) is 0 Å². The van der Waals surface area contributed by atoms with Gasteiger partial charge in [-0.1, -0.05) is 27.7 Å². The average Bonchev–Trinajstić information content (AvgIpc) is 3.14. The normalized spacial score (nSPS) is 18.0. The molecule has 0 saturated heterocycles. The standard InChI is InChI=1S/C44H56O8/c1-21-29-17-31(39(47-11)25(5)37(29)45-9)22(2)33-19-35(43(51-15)27(7)41(33)49-13)24(4)36-20-34(42(50-14)28(8)44(36)52-16)23(3)32-18-30(21)38(46-10)26(6)40(32)48-12/h17-24H,1-16H3. The Labute approximate surface area is 310 Å². The zero-order chi connectivity index (χ0) is 38.3. The number of benzene rings is 4. The molecular formula is C44H56O8. The average molecular weight is 713 g/mol. The van der Waals surface area contributed by atoms with Crippen LogP contribution in [0.4, 0.5) is 0 Å². The summed E-state index contributed by atoms with van der Waals surface area (Å²) in [6.45, 7) is 17.0. The zero-order valence-electron chi connectivity index (χ0n) is 33.9. The van der Waals surface area contributed by atoms with Gasteiger partial charge in [-0.2, -0.15) is 0 Å². The van der Waals surface area contributed by atoms with E-state index in [9.17, 15) is 0 Å². The van der Waals surface area contributed by atoms with Crippen molar-refractivity contribution in [3.63, 3.8) is 0 Å². The van der Waals surface area contributed by atoms with E-state index in [1.54, 1.807) is 56.9 Å². The molecule has 0 fully saturated rings. The second-order valence-electron chi connectivity index (χ2n) is 13.9. The maximum absolute atomic E-state index is 6.18. The Morgan fingerprint density at radius 1 is 0.269 bits per heavy atom. The zero-order valence-corrected chi connectivity index (χ0v) is 33.9. The first kappa shape index (κ1) is 38.5. The lowest BCUT2D eigenvalue weighted by Gasteiger charge is -2.31. The monoisotopic (exact) mass is 712 g/mol. The molecule has 0 N–H and O–H groups in total. The summed E-state index contributed by atoms with van der Waals surface area (Å²) in [6, 6.07) is 8.92. The molecule has 5 rings (SSSR count). The minimum absolute atomic E-state index is 0.144. The SMILES string of the molecule is COc1c2cc(c(OC)c1C)C(C)c1cc(c(OC)c(C)c1OC)C(C)c1cc(c(OC)c(C)c1OC)C(C)c1cc(c(OC)c(C)c1OC)C2C. The summed E-state index contributed by atoms with van der Waals surface area (Å²) in [5.74, 6) is 5.61.